The SMILES string of the molecule is [c]1ncccc1-c1ccc2c(c1)OCO2. The van der Waals surface area contributed by atoms with Crippen molar-refractivity contribution < 1.29 is 9.47 Å². The van der Waals surface area contributed by atoms with Crippen molar-refractivity contribution in [1.82, 2.24) is 4.98 Å². The number of hydrogen-bond donors (Lipinski definition) is 0. The van der Waals surface area contributed by atoms with E-state index in [1.807, 2.05) is 30.3 Å². The molecule has 15 heavy (non-hydrogen) atoms. The monoisotopic (exact) mass is 198 g/mol. The molecule has 0 bridgehead atoms. The van der Waals surface area contributed by atoms with Gasteiger partial charge in [0.2, 0.25) is 6.79 Å². The minimum Gasteiger partial charge on any atom is -0.454 e. The number of hydrogen-bond acceptors (Lipinski definition) is 3. The number of pyridine rings is 1. The fourth-order valence-corrected chi connectivity index (χ4v) is 1.55. The molecule has 0 spiro atoms. The third-order valence-electron chi connectivity index (χ3n) is 2.29. The molecular weight excluding hydrogens is 190 g/mol. The zero-order valence-corrected chi connectivity index (χ0v) is 7.93. The highest BCUT2D eigenvalue weighted by atomic mass is 16.7. The molecule has 3 nitrogen and oxygen atoms in total. The molecule has 0 fully saturated rings. The van der Waals surface area contributed by atoms with Crippen LogP contribution in [0.15, 0.2) is 36.5 Å². The maximum absolute atomic E-state index is 5.30. The average molecular weight is 198 g/mol. The van der Waals surface area contributed by atoms with Crippen LogP contribution >= 0.6 is 0 Å². The van der Waals surface area contributed by atoms with Crippen molar-refractivity contribution in [1.29, 1.82) is 0 Å². The topological polar surface area (TPSA) is 31.4 Å². The Morgan fingerprint density at radius 2 is 2.07 bits per heavy atom. The maximum Gasteiger partial charge on any atom is 0.231 e. The van der Waals surface area contributed by atoms with Gasteiger partial charge in [-0.3, -0.25) is 4.98 Å². The third kappa shape index (κ3) is 1.42. The first kappa shape index (κ1) is 8.29. The van der Waals surface area contributed by atoms with Gasteiger partial charge >= 0.3 is 0 Å². The molecule has 2 aromatic rings. The highest BCUT2D eigenvalue weighted by Gasteiger charge is 2.13. The van der Waals surface area contributed by atoms with E-state index in [0.29, 0.717) is 6.79 Å². The predicted molar refractivity (Wildman–Crippen MR) is 54.6 cm³/mol. The number of aromatic nitrogens is 1. The summed E-state index contributed by atoms with van der Waals surface area (Å²) in [5.74, 6) is 1.58. The van der Waals surface area contributed by atoms with E-state index in [1.54, 1.807) is 6.20 Å². The smallest absolute Gasteiger partial charge is 0.231 e. The van der Waals surface area contributed by atoms with Gasteiger partial charge in [0.05, 0.1) is 6.20 Å². The van der Waals surface area contributed by atoms with Crippen molar-refractivity contribution in [3.8, 4) is 22.6 Å². The Labute approximate surface area is 87.3 Å². The van der Waals surface area contributed by atoms with Gasteiger partial charge in [0.15, 0.2) is 11.5 Å². The highest BCUT2D eigenvalue weighted by molar-refractivity contribution is 5.66. The van der Waals surface area contributed by atoms with Crippen LogP contribution in [0.3, 0.4) is 0 Å². The van der Waals surface area contributed by atoms with Crippen molar-refractivity contribution in [3.05, 3.63) is 42.7 Å². The molecule has 1 aliphatic heterocycles. The second-order valence-electron chi connectivity index (χ2n) is 3.23. The second-order valence-corrected chi connectivity index (χ2v) is 3.23. The van der Waals surface area contributed by atoms with Crippen LogP contribution in [-0.4, -0.2) is 11.8 Å². The fourth-order valence-electron chi connectivity index (χ4n) is 1.55. The Kier molecular flexibility index (Phi) is 1.81. The average Bonchev–Trinajstić information content (AvgIpc) is 2.77. The van der Waals surface area contributed by atoms with Gasteiger partial charge in [0.25, 0.3) is 0 Å². The minimum absolute atomic E-state index is 0.301. The van der Waals surface area contributed by atoms with Crippen molar-refractivity contribution in [2.45, 2.75) is 0 Å². The summed E-state index contributed by atoms with van der Waals surface area (Å²) < 4.78 is 10.5. The summed E-state index contributed by atoms with van der Waals surface area (Å²) in [5, 5.41) is 0. The van der Waals surface area contributed by atoms with Crippen LogP contribution in [0.4, 0.5) is 0 Å². The standard InChI is InChI=1S/C12H8NO2/c1-2-10(7-13-5-1)9-3-4-11-12(6-9)15-8-14-11/h1-6H,8H2. The Balaban J connectivity index is 2.07. The van der Waals surface area contributed by atoms with Crippen LogP contribution in [0.2, 0.25) is 0 Å². The van der Waals surface area contributed by atoms with Crippen LogP contribution in [0.5, 0.6) is 11.5 Å². The number of benzene rings is 1. The first-order valence-corrected chi connectivity index (χ1v) is 4.66. The maximum atomic E-state index is 5.30. The molecule has 0 N–H and O–H groups in total. The zero-order chi connectivity index (χ0) is 10.1. The molecule has 0 aliphatic carbocycles. The molecular formula is C12H8NO2. The van der Waals surface area contributed by atoms with E-state index < -0.39 is 0 Å². The van der Waals surface area contributed by atoms with Gasteiger partial charge in [-0.15, -0.1) is 0 Å². The predicted octanol–water partition coefficient (Wildman–Crippen LogP) is 2.28. The summed E-state index contributed by atoms with van der Waals surface area (Å²) in [6.45, 7) is 0.301. The molecule has 0 amide bonds. The van der Waals surface area contributed by atoms with Crippen LogP contribution in [0.25, 0.3) is 11.1 Å². The molecule has 0 atom stereocenters. The lowest BCUT2D eigenvalue weighted by molar-refractivity contribution is 0.174. The first-order valence-electron chi connectivity index (χ1n) is 4.66. The van der Waals surface area contributed by atoms with E-state index >= 15 is 0 Å². The number of rotatable bonds is 1. The van der Waals surface area contributed by atoms with Gasteiger partial charge in [0, 0.05) is 11.8 Å². The molecule has 1 aromatic carbocycles. The summed E-state index contributed by atoms with van der Waals surface area (Å²) in [4.78, 5) is 3.96. The number of nitrogens with zero attached hydrogens (tertiary/aromatic N) is 1. The summed E-state index contributed by atoms with van der Waals surface area (Å²) >= 11 is 0. The molecule has 0 saturated heterocycles. The summed E-state index contributed by atoms with van der Waals surface area (Å²) in [6, 6.07) is 9.66. The lowest BCUT2D eigenvalue weighted by Gasteiger charge is -2.01. The quantitative estimate of drug-likeness (QED) is 0.704. The third-order valence-corrected chi connectivity index (χ3v) is 2.29. The van der Waals surface area contributed by atoms with Crippen molar-refractivity contribution in [2.75, 3.05) is 6.79 Å². The van der Waals surface area contributed by atoms with Gasteiger partial charge in [-0.2, -0.15) is 0 Å². The molecule has 3 heteroatoms. The van der Waals surface area contributed by atoms with Gasteiger partial charge in [-0.05, 0) is 23.8 Å². The molecule has 0 unspecified atom stereocenters. The van der Waals surface area contributed by atoms with Crippen molar-refractivity contribution in [3.63, 3.8) is 0 Å². The Hall–Kier alpha value is -2.03. The fraction of sp³-hybridized carbons (Fsp3) is 0.0833. The minimum atomic E-state index is 0.301. The van der Waals surface area contributed by atoms with Crippen molar-refractivity contribution in [2.24, 2.45) is 0 Å². The van der Waals surface area contributed by atoms with E-state index in [1.165, 1.54) is 0 Å². The van der Waals surface area contributed by atoms with E-state index in [0.717, 1.165) is 22.6 Å². The molecule has 1 aromatic heterocycles. The lowest BCUT2D eigenvalue weighted by Crippen LogP contribution is -1.92. The summed E-state index contributed by atoms with van der Waals surface area (Å²) in [7, 11) is 0. The number of ether oxygens (including phenoxy) is 2. The van der Waals surface area contributed by atoms with Crippen LogP contribution in [0.1, 0.15) is 0 Å². The first-order chi connectivity index (χ1) is 7.43. The van der Waals surface area contributed by atoms with Crippen LogP contribution in [0, 0.1) is 6.20 Å². The zero-order valence-electron chi connectivity index (χ0n) is 7.93. The molecule has 3 rings (SSSR count). The summed E-state index contributed by atoms with van der Waals surface area (Å²) in [5.41, 5.74) is 1.99. The van der Waals surface area contributed by atoms with Gasteiger partial charge < -0.3 is 9.47 Å². The summed E-state index contributed by atoms with van der Waals surface area (Å²) in [6.07, 6.45) is 4.63. The second kappa shape index (κ2) is 3.28. The molecule has 0 saturated carbocycles. The molecule has 2 heterocycles. The van der Waals surface area contributed by atoms with E-state index in [9.17, 15) is 0 Å². The van der Waals surface area contributed by atoms with Gasteiger partial charge in [-0.1, -0.05) is 12.1 Å². The molecule has 1 aliphatic rings. The highest BCUT2D eigenvalue weighted by Crippen LogP contribution is 2.35. The van der Waals surface area contributed by atoms with Crippen LogP contribution < -0.4 is 9.47 Å². The Bertz CT molecular complexity index is 482. The van der Waals surface area contributed by atoms with E-state index in [2.05, 4.69) is 11.2 Å². The van der Waals surface area contributed by atoms with Gasteiger partial charge in [0.1, 0.15) is 0 Å². The Morgan fingerprint density at radius 3 is 2.93 bits per heavy atom. The molecule has 1 radical (unpaired) electrons. The number of fused-ring (bicyclic) bond motifs is 1. The van der Waals surface area contributed by atoms with E-state index in [4.69, 9.17) is 9.47 Å². The van der Waals surface area contributed by atoms with Gasteiger partial charge in [-0.25, -0.2) is 0 Å². The van der Waals surface area contributed by atoms with Crippen LogP contribution in [-0.2, 0) is 0 Å². The molecule has 73 valence electrons. The lowest BCUT2D eigenvalue weighted by atomic mass is 10.1. The van der Waals surface area contributed by atoms with Crippen molar-refractivity contribution >= 4 is 0 Å². The Morgan fingerprint density at radius 1 is 1.13 bits per heavy atom. The largest absolute Gasteiger partial charge is 0.454 e. The van der Waals surface area contributed by atoms with E-state index in [-0.39, 0.29) is 0 Å². The normalized spacial score (nSPS) is 12.8.